The third-order valence-electron chi connectivity index (χ3n) is 16.8. The van der Waals surface area contributed by atoms with Gasteiger partial charge in [0.15, 0.2) is 0 Å². The summed E-state index contributed by atoms with van der Waals surface area (Å²) in [4.78, 5) is 15.4. The number of allylic oxidation sites excluding steroid dienone is 2. The Labute approximate surface area is 432 Å². The Morgan fingerprint density at radius 1 is 0.486 bits per heavy atom. The fourth-order valence-corrected chi connectivity index (χ4v) is 13.4. The van der Waals surface area contributed by atoms with Crippen molar-refractivity contribution in [3.63, 3.8) is 0 Å². The number of aromatic nitrogens is 3. The van der Waals surface area contributed by atoms with Crippen LogP contribution in [0.4, 0.5) is 0 Å². The van der Waals surface area contributed by atoms with Crippen LogP contribution in [-0.2, 0) is 18.3 Å². The minimum Gasteiger partial charge on any atom is -0.256 e. The van der Waals surface area contributed by atoms with Crippen LogP contribution in [0, 0.1) is 34.0 Å². The first-order chi connectivity index (χ1) is 36.5. The summed E-state index contributed by atoms with van der Waals surface area (Å²) >= 11 is 0. The lowest BCUT2D eigenvalue weighted by Crippen LogP contribution is -2.42. The Hall–Kier alpha value is -9.02. The highest BCUT2D eigenvalue weighted by Gasteiger charge is 2.51. The van der Waals surface area contributed by atoms with Gasteiger partial charge in [0.05, 0.1) is 52.0 Å². The standard InChI is InChI=1S/C68H50N6/c69-37-43-16-19-46-21-22-47(54-9-1-3-11-56(54)50-24-29-65(72-40-50)60(46)32-43)35-48-20-17-44(38-70)33-61(48)66-30-25-52(42-73-66)58-13-5-6-14-59(58)63-15-7-8-53-27-23-49-36-68(53,63)64-28-18-45(39-71)34-62(64)67-31-26-51(41-74-67)57-12-4-2-10-55(49)57/h1-6,9-14,16-20,24-34,40-42,47,49,63H,7-8,15,21-23,35-36H2. The predicted molar refractivity (Wildman–Crippen MR) is 293 cm³/mol. The number of rotatable bonds is 5. The van der Waals surface area contributed by atoms with Gasteiger partial charge in [-0.05, 0) is 174 Å². The fourth-order valence-electron chi connectivity index (χ4n) is 13.4. The Morgan fingerprint density at radius 3 is 1.68 bits per heavy atom. The molecule has 4 aliphatic carbocycles. The minimum atomic E-state index is -0.356. The van der Waals surface area contributed by atoms with Gasteiger partial charge in [0.2, 0.25) is 0 Å². The van der Waals surface area contributed by atoms with Crippen molar-refractivity contribution in [2.45, 2.75) is 74.5 Å². The van der Waals surface area contributed by atoms with Crippen molar-refractivity contribution < 1.29 is 0 Å². The fraction of sp³-hybridized carbons (Fsp3) is 0.176. The molecule has 6 heteroatoms. The Balaban J connectivity index is 0.898. The number of fused-ring (bicyclic) bond motifs is 6. The second-order valence-electron chi connectivity index (χ2n) is 20.6. The second kappa shape index (κ2) is 18.5. The number of hydrogen-bond donors (Lipinski definition) is 0. The zero-order valence-electron chi connectivity index (χ0n) is 41.0. The van der Waals surface area contributed by atoms with Gasteiger partial charge in [-0.15, -0.1) is 0 Å². The first-order valence-corrected chi connectivity index (χ1v) is 26.0. The van der Waals surface area contributed by atoms with E-state index in [2.05, 4.69) is 158 Å². The van der Waals surface area contributed by atoms with Crippen LogP contribution < -0.4 is 0 Å². The van der Waals surface area contributed by atoms with Crippen LogP contribution in [0.1, 0.15) is 106 Å². The molecule has 74 heavy (non-hydrogen) atoms. The van der Waals surface area contributed by atoms with Crippen LogP contribution in [0.3, 0.4) is 0 Å². The van der Waals surface area contributed by atoms with E-state index < -0.39 is 0 Å². The maximum absolute atomic E-state index is 10.3. The molecule has 0 amide bonds. The second-order valence-corrected chi connectivity index (χ2v) is 20.6. The predicted octanol–water partition coefficient (Wildman–Crippen LogP) is 15.8. The van der Waals surface area contributed by atoms with E-state index in [0.717, 1.165) is 113 Å². The van der Waals surface area contributed by atoms with Gasteiger partial charge in [-0.3, -0.25) is 15.0 Å². The van der Waals surface area contributed by atoms with Gasteiger partial charge in [0.25, 0.3) is 0 Å². The molecule has 2 aliphatic heterocycles. The van der Waals surface area contributed by atoms with Crippen molar-refractivity contribution in [3.8, 4) is 85.4 Å². The van der Waals surface area contributed by atoms with E-state index in [-0.39, 0.29) is 23.2 Å². The number of pyridine rings is 3. The average molecular weight is 951 g/mol. The molecule has 4 unspecified atom stereocenters. The van der Waals surface area contributed by atoms with E-state index in [4.69, 9.17) is 15.0 Å². The molecule has 0 saturated heterocycles. The summed E-state index contributed by atoms with van der Waals surface area (Å²) in [5, 5.41) is 30.4. The summed E-state index contributed by atoms with van der Waals surface area (Å²) in [5.74, 6) is 0.545. The van der Waals surface area contributed by atoms with E-state index in [0.29, 0.717) is 16.7 Å². The molecule has 6 nitrogen and oxygen atoms in total. The van der Waals surface area contributed by atoms with Crippen LogP contribution in [-0.4, -0.2) is 15.0 Å². The van der Waals surface area contributed by atoms with Crippen molar-refractivity contribution in [2.24, 2.45) is 0 Å². The van der Waals surface area contributed by atoms with Gasteiger partial charge in [0.1, 0.15) is 0 Å². The maximum Gasteiger partial charge on any atom is 0.0991 e. The van der Waals surface area contributed by atoms with E-state index in [1.54, 1.807) is 0 Å². The molecule has 1 fully saturated rings. The summed E-state index contributed by atoms with van der Waals surface area (Å²) in [6, 6.07) is 65.1. The normalized spacial score (nSPS) is 19.0. The molecule has 9 aromatic rings. The molecule has 0 N–H and O–H groups in total. The van der Waals surface area contributed by atoms with Gasteiger partial charge < -0.3 is 0 Å². The number of nitriles is 3. The summed E-state index contributed by atoms with van der Waals surface area (Å²) in [6.45, 7) is 0. The van der Waals surface area contributed by atoms with Gasteiger partial charge in [-0.1, -0.05) is 121 Å². The monoisotopic (exact) mass is 950 g/mol. The molecule has 0 radical (unpaired) electrons. The van der Waals surface area contributed by atoms with Crippen molar-refractivity contribution >= 4 is 0 Å². The first kappa shape index (κ1) is 44.9. The molecule has 5 heterocycles. The summed E-state index contributed by atoms with van der Waals surface area (Å²) in [5.41, 5.74) is 22.9. The van der Waals surface area contributed by atoms with Crippen LogP contribution in [0.5, 0.6) is 0 Å². The van der Waals surface area contributed by atoms with Crippen molar-refractivity contribution in [1.82, 2.24) is 15.0 Å². The topological polar surface area (TPSA) is 110 Å². The van der Waals surface area contributed by atoms with Crippen LogP contribution in [0.15, 0.2) is 194 Å². The Kier molecular flexibility index (Phi) is 11.2. The molecule has 6 aromatic carbocycles. The highest BCUT2D eigenvalue weighted by Crippen LogP contribution is 2.62. The number of nitrogens with zero attached hydrogens (tertiary/aromatic N) is 6. The van der Waals surface area contributed by atoms with Gasteiger partial charge in [-0.25, -0.2) is 0 Å². The van der Waals surface area contributed by atoms with E-state index in [1.807, 2.05) is 48.9 Å². The Bertz CT molecular complexity index is 3850. The largest absolute Gasteiger partial charge is 0.256 e. The van der Waals surface area contributed by atoms with Crippen molar-refractivity contribution in [1.29, 1.82) is 15.8 Å². The summed E-state index contributed by atoms with van der Waals surface area (Å²) in [7, 11) is 0. The zero-order valence-corrected chi connectivity index (χ0v) is 41.0. The molecule has 6 bridgehead atoms. The van der Waals surface area contributed by atoms with Gasteiger partial charge in [-0.2, -0.15) is 15.8 Å². The lowest BCUT2D eigenvalue weighted by molar-refractivity contribution is 0.272. The molecule has 15 rings (SSSR count). The van der Waals surface area contributed by atoms with Crippen LogP contribution in [0.2, 0.25) is 0 Å². The number of benzene rings is 6. The molecular weight excluding hydrogens is 901 g/mol. The lowest BCUT2D eigenvalue weighted by Gasteiger charge is -2.52. The van der Waals surface area contributed by atoms with Gasteiger partial charge >= 0.3 is 0 Å². The molecule has 4 atom stereocenters. The van der Waals surface area contributed by atoms with Crippen LogP contribution >= 0.6 is 0 Å². The van der Waals surface area contributed by atoms with E-state index >= 15 is 0 Å². The van der Waals surface area contributed by atoms with Crippen LogP contribution in [0.25, 0.3) is 67.2 Å². The molecule has 3 aromatic heterocycles. The third-order valence-corrected chi connectivity index (χ3v) is 16.8. The lowest BCUT2D eigenvalue weighted by atomic mass is 9.51. The minimum absolute atomic E-state index is 0.128. The average Bonchev–Trinajstić information content (AvgIpc) is 3.59. The number of hydrogen-bond acceptors (Lipinski definition) is 6. The zero-order chi connectivity index (χ0) is 49.8. The highest BCUT2D eigenvalue weighted by molar-refractivity contribution is 5.78. The maximum atomic E-state index is 10.3. The molecule has 1 spiro atoms. The SMILES string of the molecule is N#Cc1ccc2c(c1)-c1ccc(cn1)-c1ccccc1C(Cc1ccc(C#N)cc1-c1ccc(-c3ccccc3C3CCCC4=CCC5CC43c3ccc(C#N)cc3-c3ccc(cn3)-c3ccccc35)cn1)CC2. The summed E-state index contributed by atoms with van der Waals surface area (Å²) < 4.78 is 0. The Morgan fingerprint density at radius 2 is 1.03 bits per heavy atom. The molecule has 6 aliphatic rings. The summed E-state index contributed by atoms with van der Waals surface area (Å²) in [6.07, 6.45) is 16.1. The first-order valence-electron chi connectivity index (χ1n) is 26.0. The smallest absolute Gasteiger partial charge is 0.0991 e. The highest BCUT2D eigenvalue weighted by atomic mass is 14.7. The molecule has 1 saturated carbocycles. The number of aryl methyl sites for hydroxylation is 1. The molecular formula is C68H50N6. The quantitative estimate of drug-likeness (QED) is 0.159. The van der Waals surface area contributed by atoms with E-state index in [1.165, 1.54) is 44.5 Å². The van der Waals surface area contributed by atoms with Crippen molar-refractivity contribution in [2.75, 3.05) is 0 Å². The van der Waals surface area contributed by atoms with Crippen molar-refractivity contribution in [3.05, 3.63) is 244 Å². The van der Waals surface area contributed by atoms with Gasteiger partial charge in [0, 0.05) is 57.4 Å². The molecule has 352 valence electrons. The third kappa shape index (κ3) is 7.64. The van der Waals surface area contributed by atoms with E-state index in [9.17, 15) is 15.8 Å².